The van der Waals surface area contributed by atoms with E-state index in [1.807, 2.05) is 0 Å². The minimum atomic E-state index is -4.51. The Kier molecular flexibility index (Phi) is 8.81. The average Bonchev–Trinajstić information content (AvgIpc) is 3.26. The van der Waals surface area contributed by atoms with E-state index < -0.39 is 17.8 Å². The summed E-state index contributed by atoms with van der Waals surface area (Å²) < 4.78 is 44.8. The number of alkyl halides is 3. The van der Waals surface area contributed by atoms with Crippen LogP contribution in [-0.4, -0.2) is 48.8 Å². The van der Waals surface area contributed by atoms with Gasteiger partial charge in [0.25, 0.3) is 0 Å². The molecule has 1 aromatic carbocycles. The lowest BCUT2D eigenvalue weighted by Gasteiger charge is -2.37. The average molecular weight is 485 g/mol. The first-order valence-corrected chi connectivity index (χ1v) is 12.0. The second kappa shape index (κ2) is 11.4. The number of hydrogen-bond donors (Lipinski definition) is 2. The van der Waals surface area contributed by atoms with Crippen LogP contribution in [-0.2, 0) is 22.3 Å². The van der Waals surface area contributed by atoms with Gasteiger partial charge in [0.15, 0.2) is 0 Å². The van der Waals surface area contributed by atoms with Gasteiger partial charge in [-0.25, -0.2) is 4.79 Å². The summed E-state index contributed by atoms with van der Waals surface area (Å²) >= 11 is 0. The number of primary amides is 1. The van der Waals surface area contributed by atoms with Crippen LogP contribution in [0, 0.1) is 5.92 Å². The van der Waals surface area contributed by atoms with Crippen molar-refractivity contribution < 1.29 is 27.5 Å². The lowest BCUT2D eigenvalue weighted by Crippen LogP contribution is -2.51. The van der Waals surface area contributed by atoms with Gasteiger partial charge in [-0.05, 0) is 55.9 Å². The maximum Gasteiger partial charge on any atom is 0.416 e. The summed E-state index contributed by atoms with van der Waals surface area (Å²) in [5, 5.41) is 3.61. The van der Waals surface area contributed by atoms with E-state index in [9.17, 15) is 22.8 Å². The Labute approximate surface area is 198 Å². The summed E-state index contributed by atoms with van der Waals surface area (Å²) in [7, 11) is 0. The Bertz CT molecular complexity index is 858. The fourth-order valence-corrected chi connectivity index (χ4v) is 4.80. The standard InChI is InChI=1S/C21H27F3N4O3.C3H8/c22-21(23,24)15-2-4-18-14(9-15)11-27(12-28(18)20(25)30)19(29)13-1-3-17(10-13)26-16-5-7-31-8-6-16;1-3-2/h2,4,9,13,16-17,26H,1,3,5-8,10-12H2,(H2,25,30);3H2,1-2H3. The molecule has 2 heterocycles. The van der Waals surface area contributed by atoms with E-state index in [2.05, 4.69) is 19.2 Å². The SMILES string of the molecule is CCC.NC(=O)N1CN(C(=O)C2CCC(NC3CCOCC3)C2)Cc2cc(C(F)(F)F)ccc21. The van der Waals surface area contributed by atoms with Crippen LogP contribution in [0.4, 0.5) is 23.7 Å². The van der Waals surface area contributed by atoms with Crippen LogP contribution in [0.5, 0.6) is 0 Å². The number of hydrogen-bond acceptors (Lipinski definition) is 4. The fourth-order valence-electron chi connectivity index (χ4n) is 4.80. The number of nitrogens with two attached hydrogens (primary N) is 1. The number of fused-ring (bicyclic) bond motifs is 1. The summed E-state index contributed by atoms with van der Waals surface area (Å²) in [6.07, 6.45) is 0.907. The molecular formula is C24H35F3N4O3. The van der Waals surface area contributed by atoms with E-state index in [1.54, 1.807) is 0 Å². The number of nitrogens with one attached hydrogen (secondary N) is 1. The molecule has 10 heteroatoms. The van der Waals surface area contributed by atoms with Gasteiger partial charge in [-0.3, -0.25) is 9.69 Å². The quantitative estimate of drug-likeness (QED) is 0.672. The molecule has 1 saturated heterocycles. The van der Waals surface area contributed by atoms with Gasteiger partial charge in [-0.1, -0.05) is 20.3 Å². The van der Waals surface area contributed by atoms with Crippen molar-refractivity contribution in [2.45, 2.75) is 77.2 Å². The normalized spacial score (nSPS) is 23.2. The lowest BCUT2D eigenvalue weighted by atomic mass is 10.0. The Morgan fingerprint density at radius 2 is 1.79 bits per heavy atom. The monoisotopic (exact) mass is 484 g/mol. The smallest absolute Gasteiger partial charge is 0.381 e. The second-order valence-electron chi connectivity index (χ2n) is 9.25. The van der Waals surface area contributed by atoms with Crippen molar-refractivity contribution in [3.63, 3.8) is 0 Å². The molecule has 0 aromatic heterocycles. The summed E-state index contributed by atoms with van der Waals surface area (Å²) in [5.74, 6) is -0.370. The molecule has 1 aromatic rings. The molecule has 0 spiro atoms. The zero-order chi connectivity index (χ0) is 24.9. The van der Waals surface area contributed by atoms with Gasteiger partial charge in [0.1, 0.15) is 6.67 Å². The third-order valence-corrected chi connectivity index (χ3v) is 6.42. The van der Waals surface area contributed by atoms with Crippen LogP contribution >= 0.6 is 0 Å². The first-order valence-electron chi connectivity index (χ1n) is 12.0. The Morgan fingerprint density at radius 3 is 2.41 bits per heavy atom. The number of rotatable bonds is 3. The van der Waals surface area contributed by atoms with Crippen LogP contribution in [0.25, 0.3) is 0 Å². The van der Waals surface area contributed by atoms with Gasteiger partial charge in [0.05, 0.1) is 11.3 Å². The van der Waals surface area contributed by atoms with E-state index in [-0.39, 0.29) is 36.6 Å². The molecule has 7 nitrogen and oxygen atoms in total. The molecule has 1 aliphatic carbocycles. The molecule has 3 amide bonds. The van der Waals surface area contributed by atoms with Crippen LogP contribution < -0.4 is 16.0 Å². The van der Waals surface area contributed by atoms with E-state index >= 15 is 0 Å². The Morgan fingerprint density at radius 1 is 1.12 bits per heavy atom. The lowest BCUT2D eigenvalue weighted by molar-refractivity contribution is -0.137. The van der Waals surface area contributed by atoms with Crippen LogP contribution in [0.1, 0.15) is 63.5 Å². The molecule has 2 aliphatic heterocycles. The molecule has 2 unspecified atom stereocenters. The molecule has 190 valence electrons. The van der Waals surface area contributed by atoms with Gasteiger partial charge in [0.2, 0.25) is 5.91 Å². The topological polar surface area (TPSA) is 87.9 Å². The van der Waals surface area contributed by atoms with E-state index in [0.29, 0.717) is 24.6 Å². The number of amides is 3. The number of urea groups is 1. The van der Waals surface area contributed by atoms with Crippen LogP contribution in [0.15, 0.2) is 18.2 Å². The number of benzene rings is 1. The van der Waals surface area contributed by atoms with E-state index in [0.717, 1.165) is 49.5 Å². The predicted octanol–water partition coefficient (Wildman–Crippen LogP) is 4.24. The molecule has 0 radical (unpaired) electrons. The Balaban J connectivity index is 0.00000103. The molecule has 3 aliphatic rings. The van der Waals surface area contributed by atoms with Crippen molar-refractivity contribution in [3.05, 3.63) is 29.3 Å². The van der Waals surface area contributed by atoms with Crippen molar-refractivity contribution in [2.24, 2.45) is 11.7 Å². The molecule has 2 atom stereocenters. The molecule has 2 fully saturated rings. The van der Waals surface area contributed by atoms with Crippen molar-refractivity contribution in [1.29, 1.82) is 0 Å². The van der Waals surface area contributed by atoms with Gasteiger partial charge in [-0.2, -0.15) is 13.2 Å². The number of halogens is 3. The number of ether oxygens (including phenoxy) is 1. The first kappa shape index (κ1) is 26.3. The van der Waals surface area contributed by atoms with Gasteiger partial charge in [-0.15, -0.1) is 0 Å². The summed E-state index contributed by atoms with van der Waals surface area (Å²) in [5.41, 5.74) is 5.22. The Hall–Kier alpha value is -2.33. The third kappa shape index (κ3) is 6.41. The van der Waals surface area contributed by atoms with Crippen LogP contribution in [0.3, 0.4) is 0 Å². The fraction of sp³-hybridized carbons (Fsp3) is 0.667. The highest BCUT2D eigenvalue weighted by molar-refractivity contribution is 5.93. The second-order valence-corrected chi connectivity index (χ2v) is 9.25. The van der Waals surface area contributed by atoms with Gasteiger partial charge < -0.3 is 20.7 Å². The minimum Gasteiger partial charge on any atom is -0.381 e. The minimum absolute atomic E-state index is 0.0242. The predicted molar refractivity (Wildman–Crippen MR) is 123 cm³/mol. The van der Waals surface area contributed by atoms with Crippen molar-refractivity contribution in [3.8, 4) is 0 Å². The number of nitrogens with zero attached hydrogens (tertiary/aromatic N) is 2. The van der Waals surface area contributed by atoms with Gasteiger partial charge in [0, 0.05) is 37.8 Å². The van der Waals surface area contributed by atoms with E-state index in [1.165, 1.54) is 17.4 Å². The van der Waals surface area contributed by atoms with Crippen molar-refractivity contribution in [2.75, 3.05) is 24.8 Å². The van der Waals surface area contributed by atoms with Crippen LogP contribution in [0.2, 0.25) is 0 Å². The highest BCUT2D eigenvalue weighted by Crippen LogP contribution is 2.36. The summed E-state index contributed by atoms with van der Waals surface area (Å²) in [6, 6.07) is 2.99. The summed E-state index contributed by atoms with van der Waals surface area (Å²) in [6.45, 7) is 5.70. The highest BCUT2D eigenvalue weighted by atomic mass is 19.4. The van der Waals surface area contributed by atoms with Crippen molar-refractivity contribution >= 4 is 17.6 Å². The van der Waals surface area contributed by atoms with Crippen molar-refractivity contribution in [1.82, 2.24) is 10.2 Å². The zero-order valence-electron chi connectivity index (χ0n) is 19.9. The molecule has 1 saturated carbocycles. The maximum absolute atomic E-state index is 13.2. The molecule has 4 rings (SSSR count). The highest BCUT2D eigenvalue weighted by Gasteiger charge is 2.38. The largest absolute Gasteiger partial charge is 0.416 e. The zero-order valence-corrected chi connectivity index (χ0v) is 19.9. The van der Waals surface area contributed by atoms with Gasteiger partial charge >= 0.3 is 12.2 Å². The number of anilines is 1. The number of carbonyl (C=O) groups excluding carboxylic acids is 2. The van der Waals surface area contributed by atoms with E-state index in [4.69, 9.17) is 10.5 Å². The summed E-state index contributed by atoms with van der Waals surface area (Å²) in [4.78, 5) is 27.7. The molecule has 3 N–H and O–H groups in total. The number of carbonyl (C=O) groups is 2. The first-order chi connectivity index (χ1) is 16.1. The molecule has 0 bridgehead atoms. The third-order valence-electron chi connectivity index (χ3n) is 6.42. The molecular weight excluding hydrogens is 449 g/mol. The maximum atomic E-state index is 13.2. The molecule has 34 heavy (non-hydrogen) atoms.